The maximum absolute atomic E-state index is 11.1. The molecule has 2 rings (SSSR count). The van der Waals surface area contributed by atoms with Crippen LogP contribution >= 0.6 is 0 Å². The van der Waals surface area contributed by atoms with Crippen LogP contribution in [0, 0.1) is 16.7 Å². The van der Waals surface area contributed by atoms with E-state index in [1.807, 2.05) is 0 Å². The molecule has 0 aromatic heterocycles. The summed E-state index contributed by atoms with van der Waals surface area (Å²) in [7, 11) is -0.579. The fourth-order valence-corrected chi connectivity index (χ4v) is 3.17. The summed E-state index contributed by atoms with van der Waals surface area (Å²) in [6, 6.07) is 2.28. The minimum Gasteiger partial charge on any atom is -0.301 e. The topological polar surface area (TPSA) is 44.1 Å². The van der Waals surface area contributed by atoms with Crippen molar-refractivity contribution in [3.63, 3.8) is 0 Å². The van der Waals surface area contributed by atoms with Crippen LogP contribution in [0.4, 0.5) is 0 Å². The predicted molar refractivity (Wildman–Crippen MR) is 56.2 cm³/mol. The highest BCUT2D eigenvalue weighted by atomic mass is 32.2. The molecule has 1 saturated carbocycles. The van der Waals surface area contributed by atoms with Crippen LogP contribution in [0.5, 0.6) is 0 Å². The molecular formula is C10H16N2OS. The fourth-order valence-electron chi connectivity index (χ4n) is 2.04. The Morgan fingerprint density at radius 1 is 1.36 bits per heavy atom. The second-order valence-electron chi connectivity index (χ2n) is 4.46. The zero-order valence-corrected chi connectivity index (χ0v) is 9.18. The quantitative estimate of drug-likeness (QED) is 0.693. The molecule has 0 amide bonds. The van der Waals surface area contributed by atoms with E-state index in [1.54, 1.807) is 0 Å². The molecule has 14 heavy (non-hydrogen) atoms. The van der Waals surface area contributed by atoms with Gasteiger partial charge in [-0.05, 0) is 18.3 Å². The number of rotatable bonds is 3. The van der Waals surface area contributed by atoms with Crippen molar-refractivity contribution >= 4 is 10.8 Å². The maximum Gasteiger partial charge on any atom is 0.0628 e. The number of nitrogens with zero attached hydrogens (tertiary/aromatic N) is 2. The molecule has 1 aliphatic carbocycles. The largest absolute Gasteiger partial charge is 0.301 e. The van der Waals surface area contributed by atoms with Crippen molar-refractivity contribution in [2.75, 3.05) is 31.1 Å². The van der Waals surface area contributed by atoms with E-state index in [4.69, 9.17) is 5.26 Å². The van der Waals surface area contributed by atoms with Gasteiger partial charge in [-0.25, -0.2) is 0 Å². The number of hydrogen-bond acceptors (Lipinski definition) is 3. The molecule has 0 aromatic carbocycles. The van der Waals surface area contributed by atoms with Crippen LogP contribution in [0.25, 0.3) is 0 Å². The molecule has 1 aliphatic heterocycles. The lowest BCUT2D eigenvalue weighted by Gasteiger charge is -2.29. The van der Waals surface area contributed by atoms with Crippen molar-refractivity contribution in [3.05, 3.63) is 0 Å². The molecule has 0 aromatic rings. The highest BCUT2D eigenvalue weighted by Crippen LogP contribution is 2.49. The van der Waals surface area contributed by atoms with E-state index in [1.165, 1.54) is 12.8 Å². The van der Waals surface area contributed by atoms with Crippen molar-refractivity contribution in [2.24, 2.45) is 5.41 Å². The van der Waals surface area contributed by atoms with Gasteiger partial charge >= 0.3 is 0 Å². The zero-order chi connectivity index (χ0) is 10.0. The summed E-state index contributed by atoms with van der Waals surface area (Å²) in [4.78, 5) is 2.38. The van der Waals surface area contributed by atoms with E-state index in [-0.39, 0.29) is 0 Å². The van der Waals surface area contributed by atoms with E-state index in [0.717, 1.165) is 31.1 Å². The molecule has 0 atom stereocenters. The molecule has 2 aliphatic rings. The van der Waals surface area contributed by atoms with Gasteiger partial charge in [0.15, 0.2) is 0 Å². The Morgan fingerprint density at radius 3 is 2.50 bits per heavy atom. The lowest BCUT2D eigenvalue weighted by molar-refractivity contribution is 0.239. The molecule has 0 unspecified atom stereocenters. The highest BCUT2D eigenvalue weighted by Gasteiger charge is 2.43. The first-order valence-electron chi connectivity index (χ1n) is 5.18. The Balaban J connectivity index is 1.81. The van der Waals surface area contributed by atoms with Gasteiger partial charge in [-0.15, -0.1) is 0 Å². The van der Waals surface area contributed by atoms with Gasteiger partial charge < -0.3 is 4.90 Å². The van der Waals surface area contributed by atoms with E-state index >= 15 is 0 Å². The summed E-state index contributed by atoms with van der Waals surface area (Å²) in [6.07, 6.45) is 3.12. The Labute approximate surface area is 87.5 Å². The average Bonchev–Trinajstić information content (AvgIpc) is 2.90. The molecule has 0 spiro atoms. The summed E-state index contributed by atoms with van der Waals surface area (Å²) in [6.45, 7) is 2.97. The van der Waals surface area contributed by atoms with Crippen molar-refractivity contribution in [1.29, 1.82) is 5.26 Å². The lowest BCUT2D eigenvalue weighted by atomic mass is 10.0. The first-order chi connectivity index (χ1) is 6.74. The molecular weight excluding hydrogens is 196 g/mol. The Bertz CT molecular complexity index is 270. The molecule has 0 radical (unpaired) electrons. The smallest absolute Gasteiger partial charge is 0.0628 e. The second-order valence-corrected chi connectivity index (χ2v) is 6.16. The lowest BCUT2D eigenvalue weighted by Crippen LogP contribution is -2.40. The third kappa shape index (κ3) is 2.34. The normalized spacial score (nSPS) is 27.1. The Hall–Kier alpha value is -0.400. The summed E-state index contributed by atoms with van der Waals surface area (Å²) >= 11 is 0. The second kappa shape index (κ2) is 4.00. The standard InChI is InChI=1S/C10H16N2OS/c11-4-3-10(1-2-10)9-12-5-7-14(13)8-6-12/h1-3,5-9H2. The van der Waals surface area contributed by atoms with Crippen molar-refractivity contribution < 1.29 is 4.21 Å². The van der Waals surface area contributed by atoms with Gasteiger partial charge in [-0.1, -0.05) is 0 Å². The van der Waals surface area contributed by atoms with Crippen molar-refractivity contribution in [1.82, 2.24) is 4.90 Å². The van der Waals surface area contributed by atoms with Crippen LogP contribution in [0.3, 0.4) is 0 Å². The summed E-state index contributed by atoms with van der Waals surface area (Å²) in [5, 5.41) is 8.70. The van der Waals surface area contributed by atoms with Gasteiger partial charge in [0.25, 0.3) is 0 Å². The van der Waals surface area contributed by atoms with E-state index in [9.17, 15) is 4.21 Å². The first kappa shape index (κ1) is 10.1. The Kier molecular flexibility index (Phi) is 2.89. The van der Waals surface area contributed by atoms with E-state index in [0.29, 0.717) is 11.8 Å². The highest BCUT2D eigenvalue weighted by molar-refractivity contribution is 7.85. The SMILES string of the molecule is N#CCC1(CN2CCS(=O)CC2)CC1. The third-order valence-electron chi connectivity index (χ3n) is 3.24. The van der Waals surface area contributed by atoms with Crippen LogP contribution in [-0.2, 0) is 10.8 Å². The maximum atomic E-state index is 11.1. The van der Waals surface area contributed by atoms with Crippen LogP contribution < -0.4 is 0 Å². The first-order valence-corrected chi connectivity index (χ1v) is 6.67. The van der Waals surface area contributed by atoms with Gasteiger partial charge in [-0.2, -0.15) is 5.26 Å². The number of hydrogen-bond donors (Lipinski definition) is 0. The molecule has 0 N–H and O–H groups in total. The van der Waals surface area contributed by atoms with Gasteiger partial charge in [0.2, 0.25) is 0 Å². The minimum absolute atomic E-state index is 0.313. The van der Waals surface area contributed by atoms with Crippen LogP contribution in [0.2, 0.25) is 0 Å². The van der Waals surface area contributed by atoms with E-state index < -0.39 is 10.8 Å². The molecule has 78 valence electrons. The zero-order valence-electron chi connectivity index (χ0n) is 8.37. The molecule has 1 heterocycles. The summed E-state index contributed by atoms with van der Waals surface area (Å²) in [5.74, 6) is 1.64. The van der Waals surface area contributed by atoms with Crippen molar-refractivity contribution in [3.8, 4) is 6.07 Å². The monoisotopic (exact) mass is 212 g/mol. The van der Waals surface area contributed by atoms with Crippen molar-refractivity contribution in [2.45, 2.75) is 19.3 Å². The molecule has 3 nitrogen and oxygen atoms in total. The molecule has 4 heteroatoms. The average molecular weight is 212 g/mol. The summed E-state index contributed by atoms with van der Waals surface area (Å²) < 4.78 is 11.1. The van der Waals surface area contributed by atoms with Crippen LogP contribution in [0.15, 0.2) is 0 Å². The van der Waals surface area contributed by atoms with Crippen LogP contribution in [0.1, 0.15) is 19.3 Å². The van der Waals surface area contributed by atoms with Gasteiger partial charge in [-0.3, -0.25) is 4.21 Å². The minimum atomic E-state index is -0.579. The van der Waals surface area contributed by atoms with E-state index in [2.05, 4.69) is 11.0 Å². The molecule has 0 bridgehead atoms. The van der Waals surface area contributed by atoms with Gasteiger partial charge in [0.05, 0.1) is 6.07 Å². The third-order valence-corrected chi connectivity index (χ3v) is 4.52. The number of nitriles is 1. The van der Waals surface area contributed by atoms with Gasteiger partial charge in [0, 0.05) is 48.4 Å². The fraction of sp³-hybridized carbons (Fsp3) is 0.900. The molecule has 1 saturated heterocycles. The molecule has 2 fully saturated rings. The van der Waals surface area contributed by atoms with Crippen LogP contribution in [-0.4, -0.2) is 40.2 Å². The Morgan fingerprint density at radius 2 is 2.00 bits per heavy atom. The van der Waals surface area contributed by atoms with Gasteiger partial charge in [0.1, 0.15) is 0 Å². The predicted octanol–water partition coefficient (Wildman–Crippen LogP) is 0.745. The summed E-state index contributed by atoms with van der Waals surface area (Å²) in [5.41, 5.74) is 0.313.